The summed E-state index contributed by atoms with van der Waals surface area (Å²) in [5, 5.41) is 13.8. The van der Waals surface area contributed by atoms with Crippen molar-refractivity contribution < 1.29 is 4.74 Å². The zero-order valence-corrected chi connectivity index (χ0v) is 18.9. The molecule has 0 aromatic carbocycles. The van der Waals surface area contributed by atoms with E-state index in [1.807, 2.05) is 0 Å². The molecule has 5 rings (SSSR count). The molecule has 1 N–H and O–H groups in total. The number of fused-ring (bicyclic) bond motifs is 1. The van der Waals surface area contributed by atoms with Gasteiger partial charge in [0.15, 0.2) is 5.69 Å². The number of hydrogen-bond donors (Lipinski definition) is 1. The highest BCUT2D eigenvalue weighted by Gasteiger charge is 2.32. The standard InChI is InChI=1S/C25H37N5O/c26-17-23-24(27-19-7-3-1-4-8-19)25(29-13-15-31-16-14-29)21-18-30(12-11-22(21)28-23)20-9-5-2-6-10-20/h19-20,27H,1-16,18H2. The Hall–Kier alpha value is -1.84. The van der Waals surface area contributed by atoms with Gasteiger partial charge >= 0.3 is 0 Å². The summed E-state index contributed by atoms with van der Waals surface area (Å²) < 4.78 is 5.67. The van der Waals surface area contributed by atoms with Gasteiger partial charge in [0.1, 0.15) is 6.07 Å². The second-order valence-electron chi connectivity index (χ2n) is 9.81. The van der Waals surface area contributed by atoms with Crippen LogP contribution in [0.1, 0.15) is 81.2 Å². The van der Waals surface area contributed by atoms with E-state index in [0.29, 0.717) is 17.8 Å². The van der Waals surface area contributed by atoms with Gasteiger partial charge in [-0.3, -0.25) is 4.90 Å². The van der Waals surface area contributed by atoms with Crippen LogP contribution in [0.2, 0.25) is 0 Å². The summed E-state index contributed by atoms with van der Waals surface area (Å²) in [5.41, 5.74) is 5.38. The molecule has 31 heavy (non-hydrogen) atoms. The van der Waals surface area contributed by atoms with Crippen molar-refractivity contribution in [1.82, 2.24) is 9.88 Å². The minimum atomic E-state index is 0.457. The van der Waals surface area contributed by atoms with E-state index >= 15 is 0 Å². The van der Waals surface area contributed by atoms with E-state index in [2.05, 4.69) is 21.2 Å². The van der Waals surface area contributed by atoms with Gasteiger partial charge in [0.25, 0.3) is 0 Å². The summed E-state index contributed by atoms with van der Waals surface area (Å²) in [6, 6.07) is 3.61. The van der Waals surface area contributed by atoms with Gasteiger partial charge in [0.05, 0.1) is 24.6 Å². The Labute approximate surface area is 187 Å². The van der Waals surface area contributed by atoms with Crippen LogP contribution in [0.3, 0.4) is 0 Å². The predicted molar refractivity (Wildman–Crippen MR) is 123 cm³/mol. The first kappa shape index (κ1) is 21.0. The normalized spacial score (nSPS) is 23.9. The Morgan fingerprint density at radius 3 is 2.35 bits per heavy atom. The molecule has 2 aliphatic carbocycles. The average molecular weight is 424 g/mol. The van der Waals surface area contributed by atoms with Crippen molar-refractivity contribution in [2.75, 3.05) is 43.1 Å². The molecule has 0 unspecified atom stereocenters. The van der Waals surface area contributed by atoms with E-state index in [1.54, 1.807) is 0 Å². The molecule has 3 fully saturated rings. The fraction of sp³-hybridized carbons (Fsp3) is 0.760. The van der Waals surface area contributed by atoms with E-state index < -0.39 is 0 Å². The first-order chi connectivity index (χ1) is 15.3. The molecule has 0 bridgehead atoms. The van der Waals surface area contributed by atoms with Gasteiger partial charge in [-0.15, -0.1) is 0 Å². The number of nitrogens with zero attached hydrogens (tertiary/aromatic N) is 4. The third kappa shape index (κ3) is 4.54. The van der Waals surface area contributed by atoms with Crippen LogP contribution in [0.4, 0.5) is 11.4 Å². The Balaban J connectivity index is 1.52. The van der Waals surface area contributed by atoms with Gasteiger partial charge in [-0.05, 0) is 25.7 Å². The Bertz CT molecular complexity index is 801. The summed E-state index contributed by atoms with van der Waals surface area (Å²) >= 11 is 0. The largest absolute Gasteiger partial charge is 0.378 e. The molecule has 1 saturated heterocycles. The molecule has 2 aliphatic heterocycles. The maximum absolute atomic E-state index is 10.0. The number of nitriles is 1. The van der Waals surface area contributed by atoms with Crippen LogP contribution in [0.15, 0.2) is 0 Å². The summed E-state index contributed by atoms with van der Waals surface area (Å²) in [7, 11) is 0. The highest BCUT2D eigenvalue weighted by molar-refractivity contribution is 5.79. The molecule has 4 aliphatic rings. The van der Waals surface area contributed by atoms with Crippen molar-refractivity contribution in [2.24, 2.45) is 0 Å². The summed E-state index contributed by atoms with van der Waals surface area (Å²) in [6.45, 7) is 5.36. The van der Waals surface area contributed by atoms with Crippen LogP contribution < -0.4 is 10.2 Å². The molecule has 0 spiro atoms. The molecule has 168 valence electrons. The fourth-order valence-electron chi connectivity index (χ4n) is 6.13. The van der Waals surface area contributed by atoms with Crippen molar-refractivity contribution >= 4 is 11.4 Å². The van der Waals surface area contributed by atoms with Gasteiger partial charge in [-0.2, -0.15) is 5.26 Å². The Kier molecular flexibility index (Phi) is 6.61. The summed E-state index contributed by atoms with van der Waals surface area (Å²) in [5.74, 6) is 0. The van der Waals surface area contributed by atoms with Gasteiger partial charge in [0.2, 0.25) is 0 Å². The lowest BCUT2D eigenvalue weighted by Crippen LogP contribution is -2.43. The zero-order chi connectivity index (χ0) is 21.0. The third-order valence-corrected chi connectivity index (χ3v) is 7.83. The average Bonchev–Trinajstić information content (AvgIpc) is 2.85. The monoisotopic (exact) mass is 423 g/mol. The lowest BCUT2D eigenvalue weighted by atomic mass is 9.91. The van der Waals surface area contributed by atoms with Crippen LogP contribution in [0.5, 0.6) is 0 Å². The number of aromatic nitrogens is 1. The van der Waals surface area contributed by atoms with Crippen LogP contribution >= 0.6 is 0 Å². The van der Waals surface area contributed by atoms with Crippen molar-refractivity contribution in [1.29, 1.82) is 5.26 Å². The summed E-state index contributed by atoms with van der Waals surface area (Å²) in [4.78, 5) is 10.1. The SMILES string of the molecule is N#Cc1nc2c(c(N3CCOCC3)c1NC1CCCCC1)CN(C1CCCCC1)CC2. The molecule has 6 nitrogen and oxygen atoms in total. The van der Waals surface area contributed by atoms with E-state index in [9.17, 15) is 5.26 Å². The van der Waals surface area contributed by atoms with E-state index in [4.69, 9.17) is 9.72 Å². The number of nitrogens with one attached hydrogen (secondary N) is 1. The molecule has 1 aromatic heterocycles. The minimum Gasteiger partial charge on any atom is -0.378 e. The molecule has 3 heterocycles. The maximum Gasteiger partial charge on any atom is 0.166 e. The Morgan fingerprint density at radius 1 is 0.935 bits per heavy atom. The smallest absolute Gasteiger partial charge is 0.166 e. The highest BCUT2D eigenvalue weighted by atomic mass is 16.5. The second kappa shape index (κ2) is 9.75. The fourth-order valence-corrected chi connectivity index (χ4v) is 6.13. The molecule has 0 amide bonds. The number of pyridine rings is 1. The maximum atomic E-state index is 10.0. The van der Waals surface area contributed by atoms with Gasteiger partial charge in [0, 0.05) is 55.9 Å². The van der Waals surface area contributed by atoms with Gasteiger partial charge in [-0.25, -0.2) is 4.98 Å². The molecule has 0 atom stereocenters. The first-order valence-corrected chi connectivity index (χ1v) is 12.6. The number of morpholine rings is 1. The molecular formula is C25H37N5O. The molecule has 0 radical (unpaired) electrons. The number of hydrogen-bond acceptors (Lipinski definition) is 6. The minimum absolute atomic E-state index is 0.457. The Morgan fingerprint density at radius 2 is 1.65 bits per heavy atom. The zero-order valence-electron chi connectivity index (χ0n) is 18.9. The van der Waals surface area contributed by atoms with Crippen LogP contribution in [0.25, 0.3) is 0 Å². The molecular weight excluding hydrogens is 386 g/mol. The molecule has 6 heteroatoms. The lowest BCUT2D eigenvalue weighted by Gasteiger charge is -2.41. The van der Waals surface area contributed by atoms with Crippen LogP contribution in [-0.4, -0.2) is 54.8 Å². The quantitative estimate of drug-likeness (QED) is 0.782. The van der Waals surface area contributed by atoms with Crippen LogP contribution in [-0.2, 0) is 17.7 Å². The first-order valence-electron chi connectivity index (χ1n) is 12.6. The highest BCUT2D eigenvalue weighted by Crippen LogP contribution is 2.40. The van der Waals surface area contributed by atoms with Crippen molar-refractivity contribution in [2.45, 2.75) is 89.3 Å². The van der Waals surface area contributed by atoms with Crippen molar-refractivity contribution in [3.8, 4) is 6.07 Å². The predicted octanol–water partition coefficient (Wildman–Crippen LogP) is 4.23. The number of rotatable bonds is 4. The molecule has 1 aromatic rings. The topological polar surface area (TPSA) is 64.4 Å². The molecule has 2 saturated carbocycles. The number of anilines is 2. The van der Waals surface area contributed by atoms with E-state index in [-0.39, 0.29) is 0 Å². The van der Waals surface area contributed by atoms with Gasteiger partial charge in [-0.1, -0.05) is 38.5 Å². The lowest BCUT2D eigenvalue weighted by molar-refractivity contribution is 0.121. The van der Waals surface area contributed by atoms with Crippen LogP contribution in [0, 0.1) is 11.3 Å². The second-order valence-corrected chi connectivity index (χ2v) is 9.81. The van der Waals surface area contributed by atoms with Crippen molar-refractivity contribution in [3.63, 3.8) is 0 Å². The van der Waals surface area contributed by atoms with Crippen molar-refractivity contribution in [3.05, 3.63) is 17.0 Å². The van der Waals surface area contributed by atoms with E-state index in [0.717, 1.165) is 57.2 Å². The van der Waals surface area contributed by atoms with E-state index in [1.165, 1.54) is 75.5 Å². The third-order valence-electron chi connectivity index (χ3n) is 7.83. The van der Waals surface area contributed by atoms with Gasteiger partial charge < -0.3 is 15.0 Å². The summed E-state index contributed by atoms with van der Waals surface area (Å²) in [6.07, 6.45) is 14.0. The number of ether oxygens (including phenoxy) is 1.